The fraction of sp³-hybridized carbons (Fsp3) is 0.200. The number of aliphatic hydroxyl groups is 1. The van der Waals surface area contributed by atoms with Crippen molar-refractivity contribution in [3.8, 4) is 0 Å². The number of aromatic nitrogens is 1. The minimum absolute atomic E-state index is 0.261. The molecule has 0 aliphatic carbocycles. The summed E-state index contributed by atoms with van der Waals surface area (Å²) >= 11 is 1.27. The molecule has 2 aromatic carbocycles. The first-order valence-corrected chi connectivity index (χ1v) is 9.32. The van der Waals surface area contributed by atoms with Crippen LogP contribution in [0.3, 0.4) is 0 Å². The number of para-hydroxylation sites is 1. The molecule has 3 aromatic rings. The number of pyridine rings is 1. The predicted octanol–water partition coefficient (Wildman–Crippen LogP) is 3.70. The number of fused-ring (bicyclic) bond motifs is 1. The number of hydrogen-bond acceptors (Lipinski definition) is 5. The first kappa shape index (κ1) is 17.8. The van der Waals surface area contributed by atoms with E-state index < -0.39 is 11.4 Å². The van der Waals surface area contributed by atoms with Gasteiger partial charge in [-0.15, -0.1) is 0 Å². The summed E-state index contributed by atoms with van der Waals surface area (Å²) in [6.07, 6.45) is 1.72. The molecule has 1 amide bonds. The van der Waals surface area contributed by atoms with Gasteiger partial charge in [0.15, 0.2) is 0 Å². The van der Waals surface area contributed by atoms with Crippen molar-refractivity contribution >= 4 is 34.4 Å². The van der Waals surface area contributed by atoms with Crippen LogP contribution in [0.25, 0.3) is 10.9 Å². The van der Waals surface area contributed by atoms with E-state index in [4.69, 9.17) is 0 Å². The van der Waals surface area contributed by atoms with Gasteiger partial charge in [0.1, 0.15) is 5.82 Å². The van der Waals surface area contributed by atoms with Crippen molar-refractivity contribution in [2.45, 2.75) is 17.4 Å². The van der Waals surface area contributed by atoms with E-state index in [0.717, 1.165) is 15.8 Å². The average molecular weight is 383 g/mol. The third-order valence-corrected chi connectivity index (χ3v) is 5.30. The molecule has 0 saturated carbocycles. The number of halogens is 1. The van der Waals surface area contributed by atoms with Gasteiger partial charge in [0, 0.05) is 17.1 Å². The van der Waals surface area contributed by atoms with Crippen molar-refractivity contribution < 1.29 is 14.3 Å². The molecule has 5 nitrogen and oxygen atoms in total. The van der Waals surface area contributed by atoms with Crippen LogP contribution in [0, 0.1) is 5.82 Å². The van der Waals surface area contributed by atoms with Gasteiger partial charge in [-0.1, -0.05) is 18.2 Å². The molecule has 0 spiro atoms. The summed E-state index contributed by atoms with van der Waals surface area (Å²) in [6, 6.07) is 14.0. The number of anilines is 1. The molecule has 0 radical (unpaired) electrons. The Hall–Kier alpha value is -2.64. The smallest absolute Gasteiger partial charge is 0.254 e. The van der Waals surface area contributed by atoms with E-state index in [1.165, 1.54) is 22.9 Å². The second kappa shape index (κ2) is 6.83. The van der Waals surface area contributed by atoms with Gasteiger partial charge in [0.25, 0.3) is 5.91 Å². The number of β-amino-alcohol motifs (C(OH)–C–C–N with tert-alkyl or cyclic N) is 1. The van der Waals surface area contributed by atoms with Crippen LogP contribution in [0.15, 0.2) is 59.6 Å². The molecule has 1 aliphatic heterocycles. The maximum Gasteiger partial charge on any atom is 0.254 e. The van der Waals surface area contributed by atoms with Crippen LogP contribution in [-0.4, -0.2) is 39.6 Å². The number of benzene rings is 2. The highest BCUT2D eigenvalue weighted by Crippen LogP contribution is 2.29. The Balaban J connectivity index is 1.48. The van der Waals surface area contributed by atoms with Crippen molar-refractivity contribution in [1.29, 1.82) is 0 Å². The molecule has 7 heteroatoms. The van der Waals surface area contributed by atoms with Gasteiger partial charge in [-0.25, -0.2) is 4.39 Å². The van der Waals surface area contributed by atoms with Crippen molar-refractivity contribution in [1.82, 2.24) is 9.88 Å². The largest absolute Gasteiger partial charge is 0.386 e. The van der Waals surface area contributed by atoms with Crippen LogP contribution in [0.1, 0.15) is 17.3 Å². The first-order valence-electron chi connectivity index (χ1n) is 8.51. The lowest BCUT2D eigenvalue weighted by atomic mass is 9.96. The monoisotopic (exact) mass is 383 g/mol. The standard InChI is InChI=1S/C20H18FN3O2S/c1-20(26)11-24(12-20)19(25)14-7-8-16(15(21)10-14)23-27-17-6-2-4-13-5-3-9-22-18(13)17/h2-10,23,26H,11-12H2,1H3. The number of carbonyl (C=O) groups excluding carboxylic acids is 1. The molecule has 1 aliphatic rings. The second-order valence-corrected chi connectivity index (χ2v) is 7.74. The van der Waals surface area contributed by atoms with Crippen LogP contribution in [-0.2, 0) is 0 Å². The minimum Gasteiger partial charge on any atom is -0.386 e. The fourth-order valence-electron chi connectivity index (χ4n) is 3.10. The normalized spacial score (nSPS) is 15.4. The molecular formula is C20H18FN3O2S. The SMILES string of the molecule is CC1(O)CN(C(=O)c2ccc(NSc3cccc4cccnc34)c(F)c2)C1. The Morgan fingerprint density at radius 2 is 2.04 bits per heavy atom. The summed E-state index contributed by atoms with van der Waals surface area (Å²) in [6.45, 7) is 2.19. The van der Waals surface area contributed by atoms with E-state index in [0.29, 0.717) is 5.69 Å². The van der Waals surface area contributed by atoms with Crippen LogP contribution >= 0.6 is 11.9 Å². The lowest BCUT2D eigenvalue weighted by Gasteiger charge is -2.44. The zero-order chi connectivity index (χ0) is 19.0. The van der Waals surface area contributed by atoms with Crippen molar-refractivity contribution in [3.05, 3.63) is 66.1 Å². The zero-order valence-electron chi connectivity index (χ0n) is 14.6. The van der Waals surface area contributed by atoms with E-state index >= 15 is 0 Å². The summed E-state index contributed by atoms with van der Waals surface area (Å²) < 4.78 is 17.4. The molecule has 2 N–H and O–H groups in total. The summed E-state index contributed by atoms with van der Waals surface area (Å²) in [5.41, 5.74) is 0.554. The highest BCUT2D eigenvalue weighted by Gasteiger charge is 2.39. The van der Waals surface area contributed by atoms with Crippen LogP contribution < -0.4 is 4.72 Å². The van der Waals surface area contributed by atoms with Gasteiger partial charge < -0.3 is 14.7 Å². The molecule has 27 heavy (non-hydrogen) atoms. The Bertz CT molecular complexity index is 1010. The molecule has 4 rings (SSSR count). The topological polar surface area (TPSA) is 65.5 Å². The molecule has 138 valence electrons. The molecule has 1 saturated heterocycles. The number of amides is 1. The summed E-state index contributed by atoms with van der Waals surface area (Å²) in [5.74, 6) is -0.785. The zero-order valence-corrected chi connectivity index (χ0v) is 15.5. The van der Waals surface area contributed by atoms with Gasteiger partial charge in [0.2, 0.25) is 0 Å². The number of rotatable bonds is 4. The number of likely N-dealkylation sites (tertiary alicyclic amines) is 1. The molecule has 0 atom stereocenters. The van der Waals surface area contributed by atoms with E-state index in [2.05, 4.69) is 9.71 Å². The highest BCUT2D eigenvalue weighted by molar-refractivity contribution is 8.00. The Morgan fingerprint density at radius 1 is 1.26 bits per heavy atom. The lowest BCUT2D eigenvalue weighted by molar-refractivity contribution is -0.0668. The molecule has 1 aromatic heterocycles. The Morgan fingerprint density at radius 3 is 2.78 bits per heavy atom. The summed E-state index contributed by atoms with van der Waals surface area (Å²) in [5, 5.41) is 10.8. The first-order chi connectivity index (χ1) is 12.9. The third kappa shape index (κ3) is 3.61. The molecular weight excluding hydrogens is 365 g/mol. The van der Waals surface area contributed by atoms with Crippen molar-refractivity contribution in [2.75, 3.05) is 17.8 Å². The van der Waals surface area contributed by atoms with Crippen LogP contribution in [0.5, 0.6) is 0 Å². The number of nitrogens with one attached hydrogen (secondary N) is 1. The van der Waals surface area contributed by atoms with Gasteiger partial charge in [-0.2, -0.15) is 0 Å². The summed E-state index contributed by atoms with van der Waals surface area (Å²) in [4.78, 5) is 19.1. The second-order valence-electron chi connectivity index (χ2n) is 6.89. The quantitative estimate of drug-likeness (QED) is 0.673. The number of carbonyl (C=O) groups is 1. The number of hydrogen-bond donors (Lipinski definition) is 2. The van der Waals surface area contributed by atoms with Crippen LogP contribution in [0.4, 0.5) is 10.1 Å². The van der Waals surface area contributed by atoms with Gasteiger partial charge >= 0.3 is 0 Å². The van der Waals surface area contributed by atoms with Gasteiger partial charge in [0.05, 0.1) is 34.8 Å². The average Bonchev–Trinajstić information content (AvgIpc) is 2.64. The molecule has 2 heterocycles. The fourth-order valence-corrected chi connectivity index (χ4v) is 3.90. The third-order valence-electron chi connectivity index (χ3n) is 4.43. The molecule has 0 unspecified atom stereocenters. The van der Waals surface area contributed by atoms with E-state index in [1.807, 2.05) is 30.3 Å². The molecule has 0 bridgehead atoms. The Labute approximate surface area is 160 Å². The Kier molecular flexibility index (Phi) is 4.49. The maximum absolute atomic E-state index is 14.5. The predicted molar refractivity (Wildman–Crippen MR) is 104 cm³/mol. The van der Waals surface area contributed by atoms with Crippen LogP contribution in [0.2, 0.25) is 0 Å². The number of nitrogens with zero attached hydrogens (tertiary/aromatic N) is 2. The van der Waals surface area contributed by atoms with Gasteiger partial charge in [-0.3, -0.25) is 9.78 Å². The lowest BCUT2D eigenvalue weighted by Crippen LogP contribution is -2.61. The van der Waals surface area contributed by atoms with E-state index in [-0.39, 0.29) is 24.6 Å². The highest BCUT2D eigenvalue weighted by atomic mass is 32.2. The summed E-state index contributed by atoms with van der Waals surface area (Å²) in [7, 11) is 0. The molecule has 1 fully saturated rings. The minimum atomic E-state index is -0.848. The van der Waals surface area contributed by atoms with Crippen molar-refractivity contribution in [2.24, 2.45) is 0 Å². The van der Waals surface area contributed by atoms with Crippen molar-refractivity contribution in [3.63, 3.8) is 0 Å². The van der Waals surface area contributed by atoms with E-state index in [9.17, 15) is 14.3 Å². The van der Waals surface area contributed by atoms with Gasteiger partial charge in [-0.05, 0) is 49.2 Å². The van der Waals surface area contributed by atoms with E-state index in [1.54, 1.807) is 25.3 Å². The maximum atomic E-state index is 14.5.